The van der Waals surface area contributed by atoms with E-state index in [1.54, 1.807) is 0 Å². The van der Waals surface area contributed by atoms with Crippen molar-refractivity contribution in [2.24, 2.45) is 0 Å². The van der Waals surface area contributed by atoms with E-state index in [2.05, 4.69) is 34.6 Å². The summed E-state index contributed by atoms with van der Waals surface area (Å²) in [7, 11) is -1.93. The Morgan fingerprint density at radius 1 is 1.00 bits per heavy atom. The minimum absolute atomic E-state index is 0.553. The van der Waals surface area contributed by atoms with Gasteiger partial charge in [-0.1, -0.05) is 47.5 Å². The maximum Gasteiger partial charge on any atom is 0.193 e. The van der Waals surface area contributed by atoms with Crippen molar-refractivity contribution >= 4 is 8.32 Å². The molecule has 74 valence electrons. The lowest BCUT2D eigenvalue weighted by Gasteiger charge is -2.35. The van der Waals surface area contributed by atoms with E-state index in [1.807, 2.05) is 0 Å². The highest BCUT2D eigenvalue weighted by Crippen LogP contribution is 2.37. The van der Waals surface area contributed by atoms with E-state index < -0.39 is 8.32 Å². The number of hydrogen-bond acceptors (Lipinski definition) is 1. The van der Waals surface area contributed by atoms with Gasteiger partial charge in [-0.2, -0.15) is 0 Å². The van der Waals surface area contributed by atoms with E-state index in [-0.39, 0.29) is 0 Å². The van der Waals surface area contributed by atoms with E-state index in [0.717, 1.165) is 18.9 Å². The molecule has 0 aromatic heterocycles. The molecule has 0 saturated carbocycles. The molecule has 0 aliphatic carbocycles. The maximum atomic E-state index is 10.5. The highest BCUT2D eigenvalue weighted by molar-refractivity contribution is 6.75. The summed E-state index contributed by atoms with van der Waals surface area (Å²) in [6.45, 7) is 10.9. The molecule has 0 fully saturated rings. The highest BCUT2D eigenvalue weighted by atomic mass is 28.4. The predicted molar refractivity (Wildman–Crippen MR) is 57.9 cm³/mol. The average Bonchev–Trinajstić information content (AvgIpc) is 2.13. The molecular formula is C10H24OSi. The van der Waals surface area contributed by atoms with Gasteiger partial charge in [-0.15, -0.1) is 0 Å². The summed E-state index contributed by atoms with van der Waals surface area (Å²) in [5.74, 6) is 0. The molecule has 2 unspecified atom stereocenters. The van der Waals surface area contributed by atoms with Gasteiger partial charge in [0.2, 0.25) is 0 Å². The lowest BCUT2D eigenvalue weighted by Crippen LogP contribution is -2.42. The quantitative estimate of drug-likeness (QED) is 0.654. The van der Waals surface area contributed by atoms with Gasteiger partial charge in [0.15, 0.2) is 8.32 Å². The van der Waals surface area contributed by atoms with Crippen LogP contribution in [0.2, 0.25) is 17.1 Å². The molecule has 0 heterocycles. The van der Waals surface area contributed by atoms with Crippen LogP contribution in [0.25, 0.3) is 0 Å². The van der Waals surface area contributed by atoms with Crippen LogP contribution in [0, 0.1) is 0 Å². The number of rotatable bonds is 5. The van der Waals surface area contributed by atoms with Crippen LogP contribution in [0.3, 0.4) is 0 Å². The van der Waals surface area contributed by atoms with Crippen molar-refractivity contribution in [3.05, 3.63) is 0 Å². The van der Waals surface area contributed by atoms with Crippen LogP contribution in [0.4, 0.5) is 0 Å². The first-order valence-electron chi connectivity index (χ1n) is 5.25. The van der Waals surface area contributed by atoms with Crippen LogP contribution < -0.4 is 0 Å². The minimum atomic E-state index is -1.93. The standard InChI is InChI=1S/C10H24OSi/c1-6-9(4)12(11,8-3)10(5)7-2/h9-11H,6-8H2,1-5H3. The molecule has 0 aromatic rings. The molecule has 0 aromatic carbocycles. The van der Waals surface area contributed by atoms with Crippen molar-refractivity contribution in [3.63, 3.8) is 0 Å². The molecule has 0 rings (SSSR count). The second-order valence-corrected chi connectivity index (χ2v) is 8.62. The summed E-state index contributed by atoms with van der Waals surface area (Å²) in [5, 5.41) is 0. The minimum Gasteiger partial charge on any atom is -0.431 e. The van der Waals surface area contributed by atoms with Gasteiger partial charge in [-0.05, 0) is 17.1 Å². The summed E-state index contributed by atoms with van der Waals surface area (Å²) in [5.41, 5.74) is 1.11. The molecule has 2 atom stereocenters. The molecule has 12 heavy (non-hydrogen) atoms. The molecule has 2 heteroatoms. The van der Waals surface area contributed by atoms with E-state index in [9.17, 15) is 4.80 Å². The first kappa shape index (κ1) is 12.2. The molecular weight excluding hydrogens is 164 g/mol. The van der Waals surface area contributed by atoms with Gasteiger partial charge in [-0.3, -0.25) is 0 Å². The Morgan fingerprint density at radius 2 is 1.33 bits per heavy atom. The molecule has 0 amide bonds. The average molecular weight is 188 g/mol. The summed E-state index contributed by atoms with van der Waals surface area (Å²) < 4.78 is 0. The van der Waals surface area contributed by atoms with Crippen molar-refractivity contribution in [1.82, 2.24) is 0 Å². The van der Waals surface area contributed by atoms with E-state index in [1.165, 1.54) is 0 Å². The fraction of sp³-hybridized carbons (Fsp3) is 1.00. The van der Waals surface area contributed by atoms with E-state index in [4.69, 9.17) is 0 Å². The van der Waals surface area contributed by atoms with Crippen molar-refractivity contribution in [3.8, 4) is 0 Å². The maximum absolute atomic E-state index is 10.5. The SMILES string of the molecule is CCC(C)[Si](O)(CC)C(C)CC. The van der Waals surface area contributed by atoms with Gasteiger partial charge in [0.25, 0.3) is 0 Å². The van der Waals surface area contributed by atoms with Crippen LogP contribution in [0.1, 0.15) is 47.5 Å². The summed E-state index contributed by atoms with van der Waals surface area (Å²) in [4.78, 5) is 10.5. The lowest BCUT2D eigenvalue weighted by atomic mass is 10.3. The van der Waals surface area contributed by atoms with Gasteiger partial charge in [0.05, 0.1) is 0 Å². The second-order valence-electron chi connectivity index (χ2n) is 3.96. The Bertz CT molecular complexity index is 115. The van der Waals surface area contributed by atoms with Crippen LogP contribution in [-0.4, -0.2) is 13.1 Å². The van der Waals surface area contributed by atoms with Crippen LogP contribution in [0.5, 0.6) is 0 Å². The zero-order chi connectivity index (χ0) is 9.78. The van der Waals surface area contributed by atoms with Crippen molar-refractivity contribution in [2.45, 2.75) is 64.6 Å². The molecule has 0 spiro atoms. The third kappa shape index (κ3) is 2.33. The van der Waals surface area contributed by atoms with Gasteiger partial charge in [0.1, 0.15) is 0 Å². The Morgan fingerprint density at radius 3 is 1.50 bits per heavy atom. The Labute approximate surface area is 78.3 Å². The van der Waals surface area contributed by atoms with E-state index in [0.29, 0.717) is 11.1 Å². The fourth-order valence-corrected chi connectivity index (χ4v) is 5.67. The summed E-state index contributed by atoms with van der Waals surface area (Å²) in [6.07, 6.45) is 2.25. The van der Waals surface area contributed by atoms with Gasteiger partial charge < -0.3 is 4.80 Å². The molecule has 0 saturated heterocycles. The van der Waals surface area contributed by atoms with Crippen LogP contribution in [-0.2, 0) is 0 Å². The Balaban J connectivity index is 4.42. The largest absolute Gasteiger partial charge is 0.431 e. The second kappa shape index (κ2) is 5.03. The monoisotopic (exact) mass is 188 g/mol. The van der Waals surface area contributed by atoms with Gasteiger partial charge in [0, 0.05) is 0 Å². The highest BCUT2D eigenvalue weighted by Gasteiger charge is 2.39. The Hall–Kier alpha value is 0.177. The molecule has 1 nitrogen and oxygen atoms in total. The molecule has 0 bridgehead atoms. The van der Waals surface area contributed by atoms with Crippen LogP contribution in [0.15, 0.2) is 0 Å². The molecule has 0 aliphatic rings. The molecule has 0 radical (unpaired) electrons. The molecule has 1 N–H and O–H groups in total. The summed E-state index contributed by atoms with van der Waals surface area (Å²) in [6, 6.07) is 1.01. The van der Waals surface area contributed by atoms with Crippen molar-refractivity contribution in [1.29, 1.82) is 0 Å². The number of hydrogen-bond donors (Lipinski definition) is 1. The van der Waals surface area contributed by atoms with Crippen molar-refractivity contribution in [2.75, 3.05) is 0 Å². The zero-order valence-corrected chi connectivity index (χ0v) is 10.2. The first-order chi connectivity index (χ1) is 5.52. The predicted octanol–water partition coefficient (Wildman–Crippen LogP) is 3.54. The topological polar surface area (TPSA) is 20.2 Å². The fourth-order valence-electron chi connectivity index (χ4n) is 1.89. The first-order valence-corrected chi connectivity index (χ1v) is 7.56. The lowest BCUT2D eigenvalue weighted by molar-refractivity contribution is 0.473. The normalized spacial score (nSPS) is 21.5. The third-order valence-electron chi connectivity index (χ3n) is 3.50. The van der Waals surface area contributed by atoms with Gasteiger partial charge in [-0.25, -0.2) is 0 Å². The molecule has 0 aliphatic heterocycles. The zero-order valence-electron chi connectivity index (χ0n) is 9.22. The van der Waals surface area contributed by atoms with Crippen LogP contribution >= 0.6 is 0 Å². The smallest absolute Gasteiger partial charge is 0.193 e. The van der Waals surface area contributed by atoms with Crippen molar-refractivity contribution < 1.29 is 4.80 Å². The third-order valence-corrected chi connectivity index (χ3v) is 8.86. The van der Waals surface area contributed by atoms with E-state index >= 15 is 0 Å². The summed E-state index contributed by atoms with van der Waals surface area (Å²) >= 11 is 0. The Kier molecular flexibility index (Phi) is 5.10. The van der Waals surface area contributed by atoms with Gasteiger partial charge >= 0.3 is 0 Å².